The molecule has 5 nitrogen and oxygen atoms in total. The third kappa shape index (κ3) is 5.60. The van der Waals surface area contributed by atoms with E-state index < -0.39 is 17.0 Å². The third-order valence-electron chi connectivity index (χ3n) is 4.22. The standard InChI is InChI=1S/C20H19F3N4OS/c1-27(2)16-8-6-13(7-9-16)12-24-26-19-25-18(28)17(29-19)11-14-4-3-5-15(10-14)20(21,22)23/h3-10,12,17H,11H2,1-2H3,(H,25,26,28)/b24-12-/t17-/m0/s1. The molecular formula is C20H19F3N4OS. The number of anilines is 1. The molecule has 1 aliphatic heterocycles. The second-order valence-corrected chi connectivity index (χ2v) is 7.83. The molecule has 2 aromatic rings. The van der Waals surface area contributed by atoms with Gasteiger partial charge in [0.15, 0.2) is 5.17 Å². The van der Waals surface area contributed by atoms with E-state index in [-0.39, 0.29) is 12.3 Å². The number of carbonyl (C=O) groups is 1. The first kappa shape index (κ1) is 20.9. The summed E-state index contributed by atoms with van der Waals surface area (Å²) in [6.07, 6.45) is -2.67. The molecule has 0 radical (unpaired) electrons. The van der Waals surface area contributed by atoms with Crippen LogP contribution >= 0.6 is 11.8 Å². The van der Waals surface area contributed by atoms with Gasteiger partial charge in [-0.2, -0.15) is 18.3 Å². The molecule has 1 amide bonds. The number of hydrogen-bond acceptors (Lipinski definition) is 5. The zero-order chi connectivity index (χ0) is 21.0. The Morgan fingerprint density at radius 3 is 2.55 bits per heavy atom. The van der Waals surface area contributed by atoms with Crippen molar-refractivity contribution in [3.05, 3.63) is 65.2 Å². The SMILES string of the molecule is CN(C)c1ccc(/C=N\N=C2/NC(=O)[C@H](Cc3cccc(C(F)(F)F)c3)S2)cc1. The van der Waals surface area contributed by atoms with Crippen LogP contribution in [0, 0.1) is 0 Å². The van der Waals surface area contributed by atoms with Crippen molar-refractivity contribution in [2.75, 3.05) is 19.0 Å². The van der Waals surface area contributed by atoms with Gasteiger partial charge < -0.3 is 10.2 Å². The molecule has 0 spiro atoms. The summed E-state index contributed by atoms with van der Waals surface area (Å²) in [5.41, 5.74) is 1.63. The molecule has 1 fully saturated rings. The number of amides is 1. The number of nitrogens with zero attached hydrogens (tertiary/aromatic N) is 3. The molecule has 2 aromatic carbocycles. The number of thioether (sulfide) groups is 1. The Bertz CT molecular complexity index is 939. The van der Waals surface area contributed by atoms with Crippen LogP contribution in [-0.2, 0) is 17.4 Å². The van der Waals surface area contributed by atoms with Gasteiger partial charge in [-0.25, -0.2) is 0 Å². The number of rotatable bonds is 5. The summed E-state index contributed by atoms with van der Waals surface area (Å²) in [5, 5.41) is 10.4. The van der Waals surface area contributed by atoms with E-state index in [1.54, 1.807) is 12.3 Å². The van der Waals surface area contributed by atoms with Gasteiger partial charge in [-0.3, -0.25) is 4.79 Å². The van der Waals surface area contributed by atoms with Gasteiger partial charge >= 0.3 is 6.18 Å². The van der Waals surface area contributed by atoms with Gasteiger partial charge in [-0.15, -0.1) is 5.10 Å². The molecular weight excluding hydrogens is 401 g/mol. The van der Waals surface area contributed by atoms with Crippen molar-refractivity contribution in [2.45, 2.75) is 17.8 Å². The zero-order valence-corrected chi connectivity index (χ0v) is 16.6. The smallest absolute Gasteiger partial charge is 0.378 e. The van der Waals surface area contributed by atoms with Crippen LogP contribution in [0.25, 0.3) is 0 Å². The molecule has 3 rings (SSSR count). The number of amidine groups is 1. The average molecular weight is 420 g/mol. The monoisotopic (exact) mass is 420 g/mol. The maximum absolute atomic E-state index is 12.8. The number of benzene rings is 2. The largest absolute Gasteiger partial charge is 0.416 e. The van der Waals surface area contributed by atoms with Crippen molar-refractivity contribution in [3.8, 4) is 0 Å². The van der Waals surface area contributed by atoms with Crippen molar-refractivity contribution < 1.29 is 18.0 Å². The molecule has 1 N–H and O–H groups in total. The number of carbonyl (C=O) groups excluding carboxylic acids is 1. The van der Waals surface area contributed by atoms with Crippen LogP contribution < -0.4 is 10.2 Å². The van der Waals surface area contributed by atoms with Crippen molar-refractivity contribution in [1.29, 1.82) is 0 Å². The van der Waals surface area contributed by atoms with Gasteiger partial charge in [-0.05, 0) is 35.7 Å². The minimum atomic E-state index is -4.41. The van der Waals surface area contributed by atoms with E-state index >= 15 is 0 Å². The topological polar surface area (TPSA) is 57.1 Å². The van der Waals surface area contributed by atoms with Crippen molar-refractivity contribution in [2.24, 2.45) is 10.2 Å². The van der Waals surface area contributed by atoms with Crippen molar-refractivity contribution >= 4 is 34.7 Å². The van der Waals surface area contributed by atoms with E-state index in [9.17, 15) is 18.0 Å². The lowest BCUT2D eigenvalue weighted by Crippen LogP contribution is -2.26. The second kappa shape index (κ2) is 8.69. The highest BCUT2D eigenvalue weighted by molar-refractivity contribution is 8.15. The summed E-state index contributed by atoms with van der Waals surface area (Å²) in [5.74, 6) is -0.295. The molecule has 0 aromatic heterocycles. The first-order chi connectivity index (χ1) is 13.7. The Morgan fingerprint density at radius 2 is 1.90 bits per heavy atom. The summed E-state index contributed by atoms with van der Waals surface area (Å²) >= 11 is 1.16. The summed E-state index contributed by atoms with van der Waals surface area (Å²) in [7, 11) is 3.90. The minimum absolute atomic E-state index is 0.176. The number of nitrogens with one attached hydrogen (secondary N) is 1. The molecule has 0 aliphatic carbocycles. The molecule has 1 saturated heterocycles. The molecule has 0 saturated carbocycles. The molecule has 1 atom stereocenters. The molecule has 0 bridgehead atoms. The van der Waals surface area contributed by atoms with E-state index in [2.05, 4.69) is 15.5 Å². The Hall–Kier alpha value is -2.81. The molecule has 0 unspecified atom stereocenters. The fraction of sp³-hybridized carbons (Fsp3) is 0.250. The zero-order valence-electron chi connectivity index (χ0n) is 15.8. The van der Waals surface area contributed by atoms with Crippen LogP contribution in [-0.4, -0.2) is 36.6 Å². The van der Waals surface area contributed by atoms with Gasteiger partial charge in [0.05, 0.1) is 17.0 Å². The number of halogens is 3. The van der Waals surface area contributed by atoms with Crippen LogP contribution in [0.4, 0.5) is 18.9 Å². The molecule has 1 heterocycles. The quantitative estimate of drug-likeness (QED) is 0.589. The fourth-order valence-electron chi connectivity index (χ4n) is 2.68. The van der Waals surface area contributed by atoms with Crippen LogP contribution in [0.3, 0.4) is 0 Å². The highest BCUT2D eigenvalue weighted by Gasteiger charge is 2.33. The van der Waals surface area contributed by atoms with E-state index in [1.165, 1.54) is 6.07 Å². The fourth-order valence-corrected chi connectivity index (χ4v) is 3.65. The molecule has 1 aliphatic rings. The average Bonchev–Trinajstić information content (AvgIpc) is 3.01. The normalized spacial score (nSPS) is 18.4. The lowest BCUT2D eigenvalue weighted by Gasteiger charge is -2.11. The second-order valence-electron chi connectivity index (χ2n) is 6.63. The number of alkyl halides is 3. The first-order valence-electron chi connectivity index (χ1n) is 8.74. The van der Waals surface area contributed by atoms with Crippen LogP contribution in [0.2, 0.25) is 0 Å². The van der Waals surface area contributed by atoms with E-state index in [0.29, 0.717) is 10.7 Å². The van der Waals surface area contributed by atoms with Crippen LogP contribution in [0.5, 0.6) is 0 Å². The van der Waals surface area contributed by atoms with Crippen LogP contribution in [0.1, 0.15) is 16.7 Å². The van der Waals surface area contributed by atoms with E-state index in [4.69, 9.17) is 0 Å². The van der Waals surface area contributed by atoms with Gasteiger partial charge in [0, 0.05) is 19.8 Å². The van der Waals surface area contributed by atoms with Gasteiger partial charge in [0.2, 0.25) is 5.91 Å². The lowest BCUT2D eigenvalue weighted by molar-refractivity contribution is -0.137. The Labute approximate surface area is 170 Å². The Balaban J connectivity index is 1.62. The summed E-state index contributed by atoms with van der Waals surface area (Å²) in [6.45, 7) is 0. The lowest BCUT2D eigenvalue weighted by atomic mass is 10.1. The highest BCUT2D eigenvalue weighted by Crippen LogP contribution is 2.31. The number of hydrogen-bond donors (Lipinski definition) is 1. The summed E-state index contributed by atoms with van der Waals surface area (Å²) in [4.78, 5) is 14.1. The molecule has 9 heteroatoms. The summed E-state index contributed by atoms with van der Waals surface area (Å²) < 4.78 is 38.5. The molecule has 152 valence electrons. The van der Waals surface area contributed by atoms with Crippen molar-refractivity contribution in [1.82, 2.24) is 5.32 Å². The Kier molecular flexibility index (Phi) is 6.26. The van der Waals surface area contributed by atoms with Gasteiger partial charge in [0.25, 0.3) is 0 Å². The highest BCUT2D eigenvalue weighted by atomic mass is 32.2. The van der Waals surface area contributed by atoms with Crippen molar-refractivity contribution in [3.63, 3.8) is 0 Å². The van der Waals surface area contributed by atoms with Crippen LogP contribution in [0.15, 0.2) is 58.7 Å². The minimum Gasteiger partial charge on any atom is -0.378 e. The summed E-state index contributed by atoms with van der Waals surface area (Å²) in [6, 6.07) is 12.7. The molecule has 29 heavy (non-hydrogen) atoms. The maximum Gasteiger partial charge on any atom is 0.416 e. The van der Waals surface area contributed by atoms with E-state index in [1.807, 2.05) is 43.3 Å². The first-order valence-corrected chi connectivity index (χ1v) is 9.62. The predicted molar refractivity (Wildman–Crippen MR) is 110 cm³/mol. The Morgan fingerprint density at radius 1 is 1.17 bits per heavy atom. The predicted octanol–water partition coefficient (Wildman–Crippen LogP) is 3.94. The third-order valence-corrected chi connectivity index (χ3v) is 5.29. The van der Waals surface area contributed by atoms with Gasteiger partial charge in [0.1, 0.15) is 0 Å². The van der Waals surface area contributed by atoms with E-state index in [0.717, 1.165) is 35.1 Å². The maximum atomic E-state index is 12.8. The van der Waals surface area contributed by atoms with Gasteiger partial charge in [-0.1, -0.05) is 42.1 Å².